The average molecular weight is 306 g/mol. The monoisotopic (exact) mass is 305 g/mol. The highest BCUT2D eigenvalue weighted by Crippen LogP contribution is 2.32. The van der Waals surface area contributed by atoms with E-state index in [0.29, 0.717) is 15.9 Å². The van der Waals surface area contributed by atoms with Crippen LogP contribution in [0.4, 0.5) is 0 Å². The maximum absolute atomic E-state index is 10.8. The Labute approximate surface area is 123 Å². The molecule has 0 bridgehead atoms. The molecule has 1 aromatic carbocycles. The number of nitrogens with zero attached hydrogens (tertiary/aromatic N) is 1. The Morgan fingerprint density at radius 2 is 1.95 bits per heavy atom. The predicted molar refractivity (Wildman–Crippen MR) is 77.2 cm³/mol. The maximum atomic E-state index is 10.8. The lowest BCUT2D eigenvalue weighted by atomic mass is 10.1. The van der Waals surface area contributed by atoms with Crippen molar-refractivity contribution in [3.05, 3.63) is 52.6 Å². The Hall–Kier alpha value is -2.11. The number of rotatable bonds is 3. The van der Waals surface area contributed by atoms with Crippen LogP contribution < -0.4 is 0 Å². The highest BCUT2D eigenvalue weighted by atomic mass is 35.5. The molecule has 3 rings (SSSR count). The summed E-state index contributed by atoms with van der Waals surface area (Å²) in [5.74, 6) is -0.515. The molecule has 0 aliphatic carbocycles. The van der Waals surface area contributed by atoms with Gasteiger partial charge in [0.25, 0.3) is 0 Å². The van der Waals surface area contributed by atoms with Crippen molar-refractivity contribution in [1.82, 2.24) is 4.98 Å². The molecule has 0 amide bonds. The fourth-order valence-corrected chi connectivity index (χ4v) is 2.72. The number of thiophene rings is 1. The molecule has 100 valence electrons. The van der Waals surface area contributed by atoms with Crippen molar-refractivity contribution < 1.29 is 14.3 Å². The van der Waals surface area contributed by atoms with Gasteiger partial charge in [-0.15, -0.1) is 11.3 Å². The molecule has 2 heterocycles. The fraction of sp³-hybridized carbons (Fsp3) is 0. The van der Waals surface area contributed by atoms with Crippen molar-refractivity contribution in [2.75, 3.05) is 0 Å². The van der Waals surface area contributed by atoms with Crippen molar-refractivity contribution in [1.29, 1.82) is 0 Å². The van der Waals surface area contributed by atoms with E-state index in [0.717, 1.165) is 10.4 Å². The molecular weight excluding hydrogens is 298 g/mol. The van der Waals surface area contributed by atoms with Gasteiger partial charge in [-0.1, -0.05) is 11.6 Å². The number of oxazole rings is 1. The minimum Gasteiger partial charge on any atom is -0.478 e. The molecule has 0 radical (unpaired) electrons. The summed E-state index contributed by atoms with van der Waals surface area (Å²) in [5.41, 5.74) is 1.66. The van der Waals surface area contributed by atoms with Crippen molar-refractivity contribution in [2.45, 2.75) is 0 Å². The smallest absolute Gasteiger partial charge is 0.335 e. The molecule has 2 aromatic heterocycles. The number of hydrogen-bond donors (Lipinski definition) is 1. The molecule has 3 aromatic rings. The van der Waals surface area contributed by atoms with Gasteiger partial charge < -0.3 is 9.52 Å². The lowest BCUT2D eigenvalue weighted by molar-refractivity contribution is 0.0697. The second-order valence-corrected chi connectivity index (χ2v) is 5.74. The van der Waals surface area contributed by atoms with Crippen LogP contribution in [0, 0.1) is 0 Å². The lowest BCUT2D eigenvalue weighted by Gasteiger charge is -1.96. The normalized spacial score (nSPS) is 10.7. The van der Waals surface area contributed by atoms with Crippen LogP contribution in [0.5, 0.6) is 0 Å². The van der Waals surface area contributed by atoms with E-state index in [1.54, 1.807) is 24.5 Å². The van der Waals surface area contributed by atoms with E-state index in [-0.39, 0.29) is 5.56 Å². The van der Waals surface area contributed by atoms with Crippen LogP contribution in [0.15, 0.2) is 47.1 Å². The fourth-order valence-electron chi connectivity index (χ4n) is 1.73. The van der Waals surface area contributed by atoms with Crippen LogP contribution in [0.2, 0.25) is 4.34 Å². The Morgan fingerprint density at radius 3 is 2.55 bits per heavy atom. The molecule has 20 heavy (non-hydrogen) atoms. The second-order valence-electron chi connectivity index (χ2n) is 4.02. The molecular formula is C14H8ClNO3S. The first-order valence-electron chi connectivity index (χ1n) is 5.68. The van der Waals surface area contributed by atoms with Gasteiger partial charge in [-0.25, -0.2) is 9.78 Å². The summed E-state index contributed by atoms with van der Waals surface area (Å²) in [7, 11) is 0. The first-order valence-corrected chi connectivity index (χ1v) is 6.88. The molecule has 0 saturated heterocycles. The zero-order valence-corrected chi connectivity index (χ0v) is 11.6. The van der Waals surface area contributed by atoms with Crippen molar-refractivity contribution in [3.63, 3.8) is 0 Å². The third-order valence-corrected chi connectivity index (χ3v) is 3.96. The highest BCUT2D eigenvalue weighted by molar-refractivity contribution is 7.19. The van der Waals surface area contributed by atoms with Gasteiger partial charge in [0, 0.05) is 5.56 Å². The van der Waals surface area contributed by atoms with Gasteiger partial charge in [-0.3, -0.25) is 0 Å². The van der Waals surface area contributed by atoms with Crippen LogP contribution >= 0.6 is 22.9 Å². The van der Waals surface area contributed by atoms with E-state index in [1.807, 2.05) is 6.07 Å². The Bertz CT molecular complexity index is 761. The SMILES string of the molecule is O=C(O)c1ccc(-c2nc(-c3ccc(Cl)s3)co2)cc1. The van der Waals surface area contributed by atoms with Gasteiger partial charge >= 0.3 is 5.97 Å². The van der Waals surface area contributed by atoms with E-state index in [9.17, 15) is 4.79 Å². The van der Waals surface area contributed by atoms with E-state index < -0.39 is 5.97 Å². The number of benzene rings is 1. The van der Waals surface area contributed by atoms with Crippen LogP contribution in [0.1, 0.15) is 10.4 Å². The van der Waals surface area contributed by atoms with Crippen molar-refractivity contribution in [3.8, 4) is 22.0 Å². The molecule has 1 N–H and O–H groups in total. The summed E-state index contributed by atoms with van der Waals surface area (Å²) >= 11 is 7.31. The number of hydrogen-bond acceptors (Lipinski definition) is 4. The van der Waals surface area contributed by atoms with Gasteiger partial charge in [0.2, 0.25) is 5.89 Å². The zero-order chi connectivity index (χ0) is 14.1. The molecule has 0 atom stereocenters. The Kier molecular flexibility index (Phi) is 3.30. The van der Waals surface area contributed by atoms with Gasteiger partial charge in [0.05, 0.1) is 14.8 Å². The summed E-state index contributed by atoms with van der Waals surface area (Å²) in [6.07, 6.45) is 1.56. The maximum Gasteiger partial charge on any atom is 0.335 e. The molecule has 0 fully saturated rings. The molecule has 0 unspecified atom stereocenters. The second kappa shape index (κ2) is 5.11. The van der Waals surface area contributed by atoms with Gasteiger partial charge in [0.15, 0.2) is 0 Å². The molecule has 0 aliphatic heterocycles. The third-order valence-electron chi connectivity index (χ3n) is 2.71. The molecule has 0 saturated carbocycles. The first kappa shape index (κ1) is 12.9. The number of halogens is 1. The molecule has 6 heteroatoms. The minimum absolute atomic E-state index is 0.227. The first-order chi connectivity index (χ1) is 9.63. The van der Waals surface area contributed by atoms with Crippen LogP contribution in [0.3, 0.4) is 0 Å². The lowest BCUT2D eigenvalue weighted by Crippen LogP contribution is -1.94. The van der Waals surface area contributed by atoms with Gasteiger partial charge in [0.1, 0.15) is 12.0 Å². The van der Waals surface area contributed by atoms with Crippen molar-refractivity contribution in [2.24, 2.45) is 0 Å². The topological polar surface area (TPSA) is 63.3 Å². The minimum atomic E-state index is -0.960. The Morgan fingerprint density at radius 1 is 1.20 bits per heavy atom. The van der Waals surface area contributed by atoms with Crippen LogP contribution in [-0.2, 0) is 0 Å². The largest absolute Gasteiger partial charge is 0.478 e. The van der Waals surface area contributed by atoms with E-state index >= 15 is 0 Å². The highest BCUT2D eigenvalue weighted by Gasteiger charge is 2.11. The van der Waals surface area contributed by atoms with Gasteiger partial charge in [-0.2, -0.15) is 0 Å². The third kappa shape index (κ3) is 2.45. The summed E-state index contributed by atoms with van der Waals surface area (Å²) in [6, 6.07) is 10.0. The number of aromatic carboxylic acids is 1. The number of aromatic nitrogens is 1. The average Bonchev–Trinajstić information content (AvgIpc) is 3.07. The summed E-state index contributed by atoms with van der Waals surface area (Å²) < 4.78 is 6.11. The quantitative estimate of drug-likeness (QED) is 0.778. The number of carboxylic acid groups (broad SMARTS) is 1. The number of carbonyl (C=O) groups is 1. The number of carboxylic acids is 1. The van der Waals surface area contributed by atoms with Gasteiger partial charge in [-0.05, 0) is 36.4 Å². The van der Waals surface area contributed by atoms with Crippen molar-refractivity contribution >= 4 is 28.9 Å². The zero-order valence-electron chi connectivity index (χ0n) is 10.0. The van der Waals surface area contributed by atoms with E-state index in [2.05, 4.69) is 4.98 Å². The Balaban J connectivity index is 1.91. The summed E-state index contributed by atoms with van der Waals surface area (Å²) in [5, 5.41) is 8.85. The van der Waals surface area contributed by atoms with Crippen LogP contribution in [0.25, 0.3) is 22.0 Å². The van der Waals surface area contributed by atoms with E-state index in [4.69, 9.17) is 21.1 Å². The molecule has 4 nitrogen and oxygen atoms in total. The predicted octanol–water partition coefficient (Wildman–Crippen LogP) is 4.42. The standard InChI is InChI=1S/C14H8ClNO3S/c15-12-6-5-11(20-12)10-7-19-13(16-10)8-1-3-9(4-2-8)14(17)18/h1-7H,(H,17,18). The molecule has 0 aliphatic rings. The van der Waals surface area contributed by atoms with E-state index in [1.165, 1.54) is 23.5 Å². The summed E-state index contributed by atoms with van der Waals surface area (Å²) in [6.45, 7) is 0. The van der Waals surface area contributed by atoms with Crippen LogP contribution in [-0.4, -0.2) is 16.1 Å². The summed E-state index contributed by atoms with van der Waals surface area (Å²) in [4.78, 5) is 16.1. The molecule has 0 spiro atoms.